The van der Waals surface area contributed by atoms with Crippen LogP contribution >= 0.6 is 0 Å². The van der Waals surface area contributed by atoms with Crippen LogP contribution in [0.2, 0.25) is 0 Å². The van der Waals surface area contributed by atoms with Gasteiger partial charge < -0.3 is 16.7 Å². The average Bonchev–Trinajstić information content (AvgIpc) is 2.46. The van der Waals surface area contributed by atoms with Crippen molar-refractivity contribution in [3.8, 4) is 0 Å². The van der Waals surface area contributed by atoms with Gasteiger partial charge in [0.15, 0.2) is 0 Å². The monoisotopic (exact) mass is 347 g/mol. The standard InChI is InChI=1S/C18H34N3O.K/c1-16-5-8-21(9-6-16)17(22)15-20-13-11-19(12-14-20)10-7-18(2,3)4;/h16H,1,5-15H2,2-4H3;/q-1;+1. The van der Waals surface area contributed by atoms with Crippen LogP contribution in [-0.2, 0) is 4.79 Å². The van der Waals surface area contributed by atoms with E-state index in [1.807, 2.05) is 4.90 Å². The van der Waals surface area contributed by atoms with Crippen LogP contribution in [0.4, 0.5) is 0 Å². The molecule has 128 valence electrons. The second-order valence-corrected chi connectivity index (χ2v) is 8.25. The van der Waals surface area contributed by atoms with Crippen molar-refractivity contribution in [1.82, 2.24) is 14.7 Å². The van der Waals surface area contributed by atoms with Crippen LogP contribution in [0, 0.1) is 18.3 Å². The first kappa shape index (κ1) is 22.1. The Morgan fingerprint density at radius 3 is 2.04 bits per heavy atom. The van der Waals surface area contributed by atoms with E-state index in [1.54, 1.807) is 0 Å². The topological polar surface area (TPSA) is 26.8 Å². The summed E-state index contributed by atoms with van der Waals surface area (Å²) >= 11 is 0. The van der Waals surface area contributed by atoms with E-state index in [0.29, 0.717) is 23.8 Å². The Morgan fingerprint density at radius 1 is 1.00 bits per heavy atom. The van der Waals surface area contributed by atoms with Gasteiger partial charge in [0.05, 0.1) is 6.54 Å². The third-order valence-corrected chi connectivity index (χ3v) is 4.97. The van der Waals surface area contributed by atoms with Crippen LogP contribution in [0.1, 0.15) is 40.0 Å². The predicted molar refractivity (Wildman–Crippen MR) is 91.6 cm³/mol. The predicted octanol–water partition coefficient (Wildman–Crippen LogP) is -0.883. The molecule has 0 aromatic carbocycles. The second-order valence-electron chi connectivity index (χ2n) is 8.25. The molecule has 2 saturated heterocycles. The molecule has 0 unspecified atom stereocenters. The zero-order valence-electron chi connectivity index (χ0n) is 15.8. The summed E-state index contributed by atoms with van der Waals surface area (Å²) in [4.78, 5) is 19.3. The molecular weight excluding hydrogens is 313 g/mol. The van der Waals surface area contributed by atoms with Crippen LogP contribution in [-0.4, -0.2) is 73.0 Å². The van der Waals surface area contributed by atoms with E-state index in [0.717, 1.165) is 52.1 Å². The van der Waals surface area contributed by atoms with Crippen LogP contribution in [0.25, 0.3) is 0 Å². The van der Waals surface area contributed by atoms with Crippen molar-refractivity contribution in [1.29, 1.82) is 0 Å². The molecule has 0 aromatic rings. The summed E-state index contributed by atoms with van der Waals surface area (Å²) in [5.41, 5.74) is 0.410. The number of piperidine rings is 1. The molecule has 2 aliphatic rings. The average molecular weight is 348 g/mol. The number of carbonyl (C=O) groups excluding carboxylic acids is 1. The summed E-state index contributed by atoms with van der Waals surface area (Å²) in [6.07, 6.45) is 3.37. The molecule has 0 aromatic heterocycles. The van der Waals surface area contributed by atoms with Gasteiger partial charge in [-0.3, -0.25) is 9.69 Å². The fourth-order valence-corrected chi connectivity index (χ4v) is 3.14. The summed E-state index contributed by atoms with van der Waals surface area (Å²) in [5, 5.41) is 0. The normalized spacial score (nSPS) is 22.0. The van der Waals surface area contributed by atoms with Crippen molar-refractivity contribution < 1.29 is 56.2 Å². The number of rotatable bonds is 4. The number of likely N-dealkylation sites (tertiary alicyclic amines) is 1. The maximum absolute atomic E-state index is 12.4. The second kappa shape index (κ2) is 10.2. The van der Waals surface area contributed by atoms with Gasteiger partial charge >= 0.3 is 51.4 Å². The Balaban J connectivity index is 0.00000264. The van der Waals surface area contributed by atoms with Crippen molar-refractivity contribution in [2.45, 2.75) is 40.0 Å². The first-order valence-corrected chi connectivity index (χ1v) is 8.89. The molecule has 0 saturated carbocycles. The number of amides is 1. The number of hydrogen-bond acceptors (Lipinski definition) is 3. The summed E-state index contributed by atoms with van der Waals surface area (Å²) in [7, 11) is 0. The molecule has 2 rings (SSSR count). The minimum atomic E-state index is 0. The van der Waals surface area contributed by atoms with E-state index < -0.39 is 0 Å². The Hall–Kier alpha value is 1.03. The van der Waals surface area contributed by atoms with Crippen LogP contribution in [0.3, 0.4) is 0 Å². The molecule has 2 aliphatic heterocycles. The van der Waals surface area contributed by atoms with Crippen molar-refractivity contribution in [2.75, 3.05) is 52.4 Å². The SMILES string of the molecule is [CH2-]C1CCN(C(=O)CN2CCN(CCC(C)(C)C)CC2)CC1.[K+]. The smallest absolute Gasteiger partial charge is 0.342 e. The third kappa shape index (κ3) is 8.30. The zero-order chi connectivity index (χ0) is 16.2. The molecule has 5 heteroatoms. The van der Waals surface area contributed by atoms with Gasteiger partial charge in [0.1, 0.15) is 0 Å². The van der Waals surface area contributed by atoms with Gasteiger partial charge in [0.25, 0.3) is 0 Å². The summed E-state index contributed by atoms with van der Waals surface area (Å²) in [5.74, 6) is 0.852. The van der Waals surface area contributed by atoms with Gasteiger partial charge in [0.2, 0.25) is 5.91 Å². The number of piperazine rings is 1. The molecule has 0 N–H and O–H groups in total. The van der Waals surface area contributed by atoms with Crippen molar-refractivity contribution in [2.24, 2.45) is 11.3 Å². The van der Waals surface area contributed by atoms with Crippen LogP contribution < -0.4 is 51.4 Å². The van der Waals surface area contributed by atoms with Gasteiger partial charge in [-0.05, 0) is 18.4 Å². The zero-order valence-corrected chi connectivity index (χ0v) is 18.9. The Morgan fingerprint density at radius 2 is 1.52 bits per heavy atom. The molecule has 0 bridgehead atoms. The summed E-state index contributed by atoms with van der Waals surface area (Å²) in [6.45, 7) is 18.9. The van der Waals surface area contributed by atoms with Crippen LogP contribution in [0.15, 0.2) is 0 Å². The van der Waals surface area contributed by atoms with Gasteiger partial charge in [-0.15, -0.1) is 0 Å². The molecule has 0 radical (unpaired) electrons. The maximum Gasteiger partial charge on any atom is 1.00 e. The molecule has 4 nitrogen and oxygen atoms in total. The molecule has 0 spiro atoms. The summed E-state index contributed by atoms with van der Waals surface area (Å²) < 4.78 is 0. The molecule has 2 heterocycles. The van der Waals surface area contributed by atoms with E-state index in [1.165, 1.54) is 13.0 Å². The minimum absolute atomic E-state index is 0. The third-order valence-electron chi connectivity index (χ3n) is 4.97. The largest absolute Gasteiger partial charge is 1.00 e. The number of hydrogen-bond donors (Lipinski definition) is 0. The molecule has 23 heavy (non-hydrogen) atoms. The number of nitrogens with zero attached hydrogens (tertiary/aromatic N) is 3. The number of carbonyl (C=O) groups is 1. The molecule has 1 amide bonds. The molecular formula is C18H34KN3O. The van der Waals surface area contributed by atoms with Crippen LogP contribution in [0.5, 0.6) is 0 Å². The fourth-order valence-electron chi connectivity index (χ4n) is 3.14. The Kier molecular flexibility index (Phi) is 9.83. The first-order valence-electron chi connectivity index (χ1n) is 8.89. The van der Waals surface area contributed by atoms with E-state index in [2.05, 4.69) is 37.5 Å². The van der Waals surface area contributed by atoms with E-state index in [-0.39, 0.29) is 51.4 Å². The Bertz CT molecular complexity index is 354. The Labute approximate surface area is 185 Å². The molecule has 0 aliphatic carbocycles. The maximum atomic E-state index is 12.4. The van der Waals surface area contributed by atoms with E-state index >= 15 is 0 Å². The molecule has 0 atom stereocenters. The van der Waals surface area contributed by atoms with E-state index in [9.17, 15) is 4.79 Å². The van der Waals surface area contributed by atoms with Gasteiger partial charge in [-0.25, -0.2) is 0 Å². The fraction of sp³-hybridized carbons (Fsp3) is 0.889. The summed E-state index contributed by atoms with van der Waals surface area (Å²) in [6, 6.07) is 0. The van der Waals surface area contributed by atoms with Crippen molar-refractivity contribution >= 4 is 5.91 Å². The quantitative estimate of drug-likeness (QED) is 0.488. The first-order chi connectivity index (χ1) is 10.3. The van der Waals surface area contributed by atoms with Crippen molar-refractivity contribution in [3.05, 3.63) is 6.92 Å². The van der Waals surface area contributed by atoms with Gasteiger partial charge in [0, 0.05) is 39.3 Å². The van der Waals surface area contributed by atoms with E-state index in [4.69, 9.17) is 0 Å². The minimum Gasteiger partial charge on any atom is -0.342 e. The molecule has 2 fully saturated rings. The van der Waals surface area contributed by atoms with Gasteiger partial charge in [-0.1, -0.05) is 33.6 Å². The van der Waals surface area contributed by atoms with Gasteiger partial charge in [-0.2, -0.15) is 5.92 Å². The van der Waals surface area contributed by atoms with Crippen molar-refractivity contribution in [3.63, 3.8) is 0 Å².